The topological polar surface area (TPSA) is 72.0 Å². The predicted octanol–water partition coefficient (Wildman–Crippen LogP) is 2.50. The molecule has 2 rings (SSSR count). The Balaban J connectivity index is 2.43. The van der Waals surface area contributed by atoms with Gasteiger partial charge in [0.1, 0.15) is 11.3 Å². The third-order valence-electron chi connectivity index (χ3n) is 2.14. The van der Waals surface area contributed by atoms with E-state index in [1.54, 1.807) is 0 Å². The number of sulfonamides is 1. The average Bonchev–Trinajstić information content (AvgIpc) is 2.79. The van der Waals surface area contributed by atoms with Crippen LogP contribution < -0.4 is 4.72 Å². The molecule has 0 aliphatic heterocycles. The fraction of sp³-hybridized carbons (Fsp3) is 0.111. The van der Waals surface area contributed by atoms with E-state index in [0.29, 0.717) is 6.07 Å². The van der Waals surface area contributed by atoms with Crippen LogP contribution in [0.1, 0.15) is 5.56 Å². The largest absolute Gasteiger partial charge is 0.419 e. The summed E-state index contributed by atoms with van der Waals surface area (Å²) < 4.78 is 76.2. The van der Waals surface area contributed by atoms with Crippen molar-refractivity contribution >= 4 is 26.5 Å². The van der Waals surface area contributed by atoms with Crippen LogP contribution in [0.5, 0.6) is 0 Å². The van der Waals surface area contributed by atoms with E-state index in [-0.39, 0.29) is 11.2 Å². The fourth-order valence-corrected chi connectivity index (χ4v) is 3.00. The predicted molar refractivity (Wildman–Crippen MR) is 62.1 cm³/mol. The molecule has 20 heavy (non-hydrogen) atoms. The summed E-state index contributed by atoms with van der Waals surface area (Å²) in [4.78, 5) is -0.721. The molecule has 1 heterocycles. The molecular weight excluding hydrogens is 322 g/mol. The number of aromatic nitrogens is 2. The number of anilines is 1. The first-order valence-corrected chi connectivity index (χ1v) is 7.22. The first kappa shape index (κ1) is 14.7. The van der Waals surface area contributed by atoms with Crippen molar-refractivity contribution < 1.29 is 26.0 Å². The molecule has 0 atom stereocenters. The van der Waals surface area contributed by atoms with Crippen molar-refractivity contribution in [2.24, 2.45) is 0 Å². The number of nitrogens with one attached hydrogen (secondary N) is 1. The van der Waals surface area contributed by atoms with Crippen molar-refractivity contribution in [2.45, 2.75) is 11.1 Å². The molecule has 108 valence electrons. The molecule has 0 saturated heterocycles. The van der Waals surface area contributed by atoms with Crippen molar-refractivity contribution in [3.05, 3.63) is 35.1 Å². The van der Waals surface area contributed by atoms with E-state index in [1.165, 1.54) is 5.51 Å². The van der Waals surface area contributed by atoms with Crippen LogP contribution in [-0.4, -0.2) is 18.6 Å². The SMILES string of the molecule is O=S(=O)(Nc1nncs1)c1ccc(F)c(C(F)(F)F)c1. The Hall–Kier alpha value is -1.75. The van der Waals surface area contributed by atoms with Crippen molar-refractivity contribution in [1.82, 2.24) is 10.2 Å². The highest BCUT2D eigenvalue weighted by atomic mass is 32.2. The third kappa shape index (κ3) is 3.04. The second-order valence-corrected chi connectivity index (χ2v) is 6.00. The molecule has 5 nitrogen and oxygen atoms in total. The molecular formula is C9H5F4N3O2S2. The van der Waals surface area contributed by atoms with Crippen LogP contribution in [0.2, 0.25) is 0 Å². The number of hydrogen-bond donors (Lipinski definition) is 1. The molecule has 11 heteroatoms. The smallest absolute Gasteiger partial charge is 0.253 e. The van der Waals surface area contributed by atoms with Crippen LogP contribution in [0, 0.1) is 5.82 Å². The molecule has 0 radical (unpaired) electrons. The fourth-order valence-electron chi connectivity index (χ4n) is 1.28. The number of hydrogen-bond acceptors (Lipinski definition) is 5. The maximum Gasteiger partial charge on any atom is 0.419 e. The van der Waals surface area contributed by atoms with Gasteiger partial charge in [-0.05, 0) is 18.2 Å². The number of rotatable bonds is 3. The Kier molecular flexibility index (Phi) is 3.65. The monoisotopic (exact) mass is 327 g/mol. The van der Waals surface area contributed by atoms with Crippen LogP contribution in [0.3, 0.4) is 0 Å². The lowest BCUT2D eigenvalue weighted by Crippen LogP contribution is -2.15. The summed E-state index contributed by atoms with van der Waals surface area (Å²) in [5, 5.41) is 6.66. The number of nitrogens with zero attached hydrogens (tertiary/aromatic N) is 2. The second-order valence-electron chi connectivity index (χ2n) is 3.49. The van der Waals surface area contributed by atoms with E-state index in [0.717, 1.165) is 17.4 Å². The Bertz CT molecular complexity index is 713. The normalized spacial score (nSPS) is 12.4. The zero-order valence-corrected chi connectivity index (χ0v) is 11.0. The van der Waals surface area contributed by atoms with Crippen LogP contribution in [-0.2, 0) is 16.2 Å². The summed E-state index contributed by atoms with van der Waals surface area (Å²) in [6.45, 7) is 0. The molecule has 1 aromatic carbocycles. The van der Waals surface area contributed by atoms with Gasteiger partial charge in [-0.1, -0.05) is 11.3 Å². The highest BCUT2D eigenvalue weighted by Crippen LogP contribution is 2.33. The maximum atomic E-state index is 13.1. The molecule has 0 aliphatic carbocycles. The molecule has 2 aromatic rings. The van der Waals surface area contributed by atoms with Gasteiger partial charge in [0.15, 0.2) is 0 Å². The van der Waals surface area contributed by atoms with Crippen molar-refractivity contribution in [2.75, 3.05) is 4.72 Å². The molecule has 0 aliphatic rings. The van der Waals surface area contributed by atoms with Gasteiger partial charge in [0.25, 0.3) is 10.0 Å². The minimum Gasteiger partial charge on any atom is -0.253 e. The Labute approximate surface area is 114 Å². The highest BCUT2D eigenvalue weighted by Gasteiger charge is 2.35. The summed E-state index contributed by atoms with van der Waals surface area (Å²) in [6.07, 6.45) is -4.99. The number of benzene rings is 1. The van der Waals surface area contributed by atoms with Crippen LogP contribution >= 0.6 is 11.3 Å². The van der Waals surface area contributed by atoms with Gasteiger partial charge in [-0.3, -0.25) is 4.72 Å². The summed E-state index contributed by atoms with van der Waals surface area (Å²) in [6, 6.07) is 1.39. The van der Waals surface area contributed by atoms with Gasteiger partial charge in [0.05, 0.1) is 10.5 Å². The van der Waals surface area contributed by atoms with Crippen molar-refractivity contribution in [3.8, 4) is 0 Å². The van der Waals surface area contributed by atoms with Gasteiger partial charge in [-0.15, -0.1) is 10.2 Å². The van der Waals surface area contributed by atoms with E-state index in [9.17, 15) is 26.0 Å². The molecule has 0 amide bonds. The minimum absolute atomic E-state index is 0.108. The van der Waals surface area contributed by atoms with Crippen LogP contribution in [0.25, 0.3) is 0 Å². The highest BCUT2D eigenvalue weighted by molar-refractivity contribution is 7.93. The Morgan fingerprint density at radius 1 is 1.25 bits per heavy atom. The Morgan fingerprint density at radius 2 is 1.95 bits per heavy atom. The van der Waals surface area contributed by atoms with Crippen LogP contribution in [0.15, 0.2) is 28.6 Å². The van der Waals surface area contributed by atoms with Gasteiger partial charge >= 0.3 is 6.18 Å². The van der Waals surface area contributed by atoms with Crippen LogP contribution in [0.4, 0.5) is 22.7 Å². The quantitative estimate of drug-likeness (QED) is 0.879. The van der Waals surface area contributed by atoms with E-state index < -0.39 is 32.5 Å². The zero-order chi connectivity index (χ0) is 15.0. The summed E-state index contributed by atoms with van der Waals surface area (Å²) >= 11 is 0.849. The Morgan fingerprint density at radius 3 is 2.50 bits per heavy atom. The molecule has 0 fully saturated rings. The van der Waals surface area contributed by atoms with Gasteiger partial charge in [0.2, 0.25) is 5.13 Å². The molecule has 0 saturated carbocycles. The van der Waals surface area contributed by atoms with Crippen molar-refractivity contribution in [1.29, 1.82) is 0 Å². The molecule has 0 unspecified atom stereocenters. The number of alkyl halides is 3. The standard InChI is InChI=1S/C9H5F4N3O2S2/c10-7-2-1-5(3-6(7)9(11,12)13)20(17,18)16-8-15-14-4-19-8/h1-4H,(H,15,16). The minimum atomic E-state index is -4.99. The van der Waals surface area contributed by atoms with E-state index in [1.807, 2.05) is 4.72 Å². The summed E-state index contributed by atoms with van der Waals surface area (Å²) in [5.74, 6) is -1.55. The lowest BCUT2D eigenvalue weighted by molar-refractivity contribution is -0.140. The van der Waals surface area contributed by atoms with Crippen molar-refractivity contribution in [3.63, 3.8) is 0 Å². The molecule has 0 spiro atoms. The molecule has 1 aromatic heterocycles. The van der Waals surface area contributed by atoms with Gasteiger partial charge in [-0.2, -0.15) is 13.2 Å². The number of halogens is 4. The van der Waals surface area contributed by atoms with E-state index in [2.05, 4.69) is 10.2 Å². The lowest BCUT2D eigenvalue weighted by Gasteiger charge is -2.10. The average molecular weight is 327 g/mol. The van der Waals surface area contributed by atoms with Gasteiger partial charge < -0.3 is 0 Å². The van der Waals surface area contributed by atoms with E-state index in [4.69, 9.17) is 0 Å². The third-order valence-corrected chi connectivity index (χ3v) is 4.21. The maximum absolute atomic E-state index is 13.1. The van der Waals surface area contributed by atoms with Gasteiger partial charge in [0, 0.05) is 0 Å². The summed E-state index contributed by atoms with van der Waals surface area (Å²) in [7, 11) is -4.29. The zero-order valence-electron chi connectivity index (χ0n) is 9.35. The summed E-state index contributed by atoms with van der Waals surface area (Å²) in [5.41, 5.74) is -0.415. The van der Waals surface area contributed by atoms with E-state index >= 15 is 0 Å². The second kappa shape index (κ2) is 4.98. The van der Waals surface area contributed by atoms with Gasteiger partial charge in [-0.25, -0.2) is 12.8 Å². The molecule has 0 bridgehead atoms. The first-order chi connectivity index (χ1) is 9.20. The lowest BCUT2D eigenvalue weighted by atomic mass is 10.2. The first-order valence-electron chi connectivity index (χ1n) is 4.86. The molecule has 1 N–H and O–H groups in total.